The van der Waals surface area contributed by atoms with E-state index in [0.29, 0.717) is 5.41 Å². The monoisotopic (exact) mass is 568 g/mol. The molecule has 3 heteroatoms. The SMILES string of the molecule is CCCCCCC(CCCSC1CCCCC1)(CCCSC1CCCCC1)CCCSC1CCCCC1. The van der Waals surface area contributed by atoms with Gasteiger partial charge in [0.1, 0.15) is 0 Å². The zero-order valence-electron chi connectivity index (χ0n) is 25.0. The molecule has 0 aromatic rings. The van der Waals surface area contributed by atoms with Gasteiger partial charge in [0.25, 0.3) is 0 Å². The lowest BCUT2D eigenvalue weighted by Crippen LogP contribution is -2.23. The lowest BCUT2D eigenvalue weighted by Gasteiger charge is -2.36. The molecule has 0 spiro atoms. The van der Waals surface area contributed by atoms with E-state index in [-0.39, 0.29) is 0 Å². The van der Waals surface area contributed by atoms with Gasteiger partial charge in [-0.3, -0.25) is 0 Å². The second-order valence-corrected chi connectivity index (χ2v) is 17.2. The van der Waals surface area contributed by atoms with Gasteiger partial charge in [0, 0.05) is 15.7 Å². The van der Waals surface area contributed by atoms with Crippen molar-refractivity contribution in [1.82, 2.24) is 0 Å². The molecule has 3 aliphatic carbocycles. The maximum atomic E-state index is 2.38. The Kier molecular flexibility index (Phi) is 18.4. The van der Waals surface area contributed by atoms with E-state index in [1.54, 1.807) is 0 Å². The molecule has 0 aromatic heterocycles. The predicted molar refractivity (Wildman–Crippen MR) is 177 cm³/mol. The molecule has 0 heterocycles. The Bertz CT molecular complexity index is 453. The van der Waals surface area contributed by atoms with E-state index in [2.05, 4.69) is 42.2 Å². The Labute approximate surface area is 246 Å². The molecule has 218 valence electrons. The lowest BCUT2D eigenvalue weighted by atomic mass is 9.72. The summed E-state index contributed by atoms with van der Waals surface area (Å²) in [5.41, 5.74) is 0.654. The van der Waals surface area contributed by atoms with Gasteiger partial charge in [-0.2, -0.15) is 35.3 Å². The smallest absolute Gasteiger partial charge is 0.00470 e. The summed E-state index contributed by atoms with van der Waals surface area (Å²) in [6, 6.07) is 0. The van der Waals surface area contributed by atoms with Gasteiger partial charge >= 0.3 is 0 Å². The highest BCUT2D eigenvalue weighted by molar-refractivity contribution is 8.00. The molecule has 0 bridgehead atoms. The van der Waals surface area contributed by atoms with Crippen LogP contribution in [0.5, 0.6) is 0 Å². The van der Waals surface area contributed by atoms with Crippen LogP contribution in [0.2, 0.25) is 0 Å². The molecule has 3 saturated carbocycles. The van der Waals surface area contributed by atoms with Crippen molar-refractivity contribution < 1.29 is 0 Å². The highest BCUT2D eigenvalue weighted by Crippen LogP contribution is 2.43. The van der Waals surface area contributed by atoms with E-state index >= 15 is 0 Å². The first kappa shape index (κ1) is 32.6. The van der Waals surface area contributed by atoms with Crippen molar-refractivity contribution in [2.24, 2.45) is 5.41 Å². The van der Waals surface area contributed by atoms with Crippen molar-refractivity contribution in [1.29, 1.82) is 0 Å². The Morgan fingerprint density at radius 2 is 0.784 bits per heavy atom. The molecule has 0 atom stereocenters. The summed E-state index contributed by atoms with van der Waals surface area (Å²) >= 11 is 7.07. The van der Waals surface area contributed by atoms with Crippen LogP contribution in [-0.4, -0.2) is 33.0 Å². The van der Waals surface area contributed by atoms with Crippen LogP contribution in [0.3, 0.4) is 0 Å². The molecule has 0 saturated heterocycles. The van der Waals surface area contributed by atoms with Gasteiger partial charge in [0.15, 0.2) is 0 Å². The van der Waals surface area contributed by atoms with Crippen LogP contribution < -0.4 is 0 Å². The molecule has 0 nitrogen and oxygen atoms in total. The third-order valence-electron chi connectivity index (χ3n) is 9.83. The highest BCUT2D eigenvalue weighted by Gasteiger charge is 2.29. The van der Waals surface area contributed by atoms with Crippen LogP contribution in [0.4, 0.5) is 0 Å². The number of hydrogen-bond acceptors (Lipinski definition) is 3. The first-order valence-corrected chi connectivity index (χ1v) is 20.3. The average Bonchev–Trinajstić information content (AvgIpc) is 2.95. The van der Waals surface area contributed by atoms with Gasteiger partial charge in [-0.1, -0.05) is 90.4 Å². The fourth-order valence-electron chi connectivity index (χ4n) is 7.46. The Hall–Kier alpha value is 1.05. The second-order valence-electron chi connectivity index (χ2n) is 13.0. The fourth-order valence-corrected chi connectivity index (χ4v) is 11.4. The van der Waals surface area contributed by atoms with Crippen LogP contribution in [-0.2, 0) is 0 Å². The van der Waals surface area contributed by atoms with E-state index < -0.39 is 0 Å². The number of hydrogen-bond donors (Lipinski definition) is 0. The fraction of sp³-hybridized carbons (Fsp3) is 1.00. The molecule has 37 heavy (non-hydrogen) atoms. The second kappa shape index (κ2) is 20.9. The van der Waals surface area contributed by atoms with Gasteiger partial charge in [-0.05, 0) is 106 Å². The predicted octanol–water partition coefficient (Wildman–Crippen LogP) is 12.5. The summed E-state index contributed by atoms with van der Waals surface area (Å²) in [5.74, 6) is 4.32. The van der Waals surface area contributed by atoms with Crippen LogP contribution in [0.25, 0.3) is 0 Å². The number of thioether (sulfide) groups is 3. The molecule has 0 aromatic carbocycles. The third kappa shape index (κ3) is 14.5. The molecule has 0 amide bonds. The zero-order chi connectivity index (χ0) is 25.9. The van der Waals surface area contributed by atoms with Gasteiger partial charge in [0.05, 0.1) is 0 Å². The van der Waals surface area contributed by atoms with E-state index in [4.69, 9.17) is 0 Å². The first-order valence-electron chi connectivity index (χ1n) is 17.1. The maximum Gasteiger partial charge on any atom is 0.00470 e. The Morgan fingerprint density at radius 1 is 0.432 bits per heavy atom. The minimum atomic E-state index is 0.654. The molecule has 3 fully saturated rings. The summed E-state index contributed by atoms with van der Waals surface area (Å²) in [7, 11) is 0. The summed E-state index contributed by atoms with van der Waals surface area (Å²) in [4.78, 5) is 0. The van der Waals surface area contributed by atoms with E-state index in [1.165, 1.54) is 184 Å². The Morgan fingerprint density at radius 3 is 1.14 bits per heavy atom. The quantitative estimate of drug-likeness (QED) is 0.134. The van der Waals surface area contributed by atoms with Crippen molar-refractivity contribution in [3.05, 3.63) is 0 Å². The number of rotatable bonds is 20. The largest absolute Gasteiger partial charge is 0.159 e. The van der Waals surface area contributed by atoms with Gasteiger partial charge < -0.3 is 0 Å². The molecule has 0 aliphatic heterocycles. The average molecular weight is 569 g/mol. The molecule has 0 radical (unpaired) electrons. The van der Waals surface area contributed by atoms with Gasteiger partial charge in [-0.25, -0.2) is 0 Å². The minimum Gasteiger partial charge on any atom is -0.159 e. The highest BCUT2D eigenvalue weighted by atomic mass is 32.2. The first-order chi connectivity index (χ1) is 18.3. The van der Waals surface area contributed by atoms with Crippen molar-refractivity contribution in [2.75, 3.05) is 17.3 Å². The summed E-state index contributed by atoms with van der Waals surface area (Å²) in [6.45, 7) is 2.38. The van der Waals surface area contributed by atoms with Crippen molar-refractivity contribution in [3.63, 3.8) is 0 Å². The summed E-state index contributed by atoms with van der Waals surface area (Å²) in [6.07, 6.45) is 38.9. The topological polar surface area (TPSA) is 0 Å². The van der Waals surface area contributed by atoms with Crippen molar-refractivity contribution in [3.8, 4) is 0 Å². The molecular weight excluding hydrogens is 505 g/mol. The summed E-state index contributed by atoms with van der Waals surface area (Å²) < 4.78 is 0. The normalized spacial score (nSPS) is 21.0. The van der Waals surface area contributed by atoms with Gasteiger partial charge in [-0.15, -0.1) is 0 Å². The maximum absolute atomic E-state index is 2.38. The van der Waals surface area contributed by atoms with E-state index in [0.717, 1.165) is 15.7 Å². The molecule has 0 N–H and O–H groups in total. The standard InChI is InChI=1S/C34H64S3/c1-2-3-4-14-24-34(25-15-28-35-31-18-8-5-9-19-31,26-16-29-36-32-20-10-6-11-21-32)27-17-30-37-33-22-12-7-13-23-33/h31-33H,2-30H2,1H3. The summed E-state index contributed by atoms with van der Waals surface area (Å²) in [5, 5.41) is 2.98. The molecule has 3 aliphatic rings. The van der Waals surface area contributed by atoms with E-state index in [1.807, 2.05) is 0 Å². The van der Waals surface area contributed by atoms with Gasteiger partial charge in [0.2, 0.25) is 0 Å². The zero-order valence-corrected chi connectivity index (χ0v) is 27.4. The minimum absolute atomic E-state index is 0.654. The van der Waals surface area contributed by atoms with Crippen LogP contribution in [0.1, 0.15) is 174 Å². The van der Waals surface area contributed by atoms with Crippen LogP contribution in [0, 0.1) is 5.41 Å². The third-order valence-corrected chi connectivity index (χ3v) is 14.2. The van der Waals surface area contributed by atoms with Crippen molar-refractivity contribution >= 4 is 35.3 Å². The van der Waals surface area contributed by atoms with Crippen LogP contribution in [0.15, 0.2) is 0 Å². The van der Waals surface area contributed by atoms with E-state index in [9.17, 15) is 0 Å². The van der Waals surface area contributed by atoms with Crippen molar-refractivity contribution in [2.45, 2.75) is 190 Å². The molecule has 0 unspecified atom stereocenters. The van der Waals surface area contributed by atoms with Crippen LogP contribution >= 0.6 is 35.3 Å². The number of unbranched alkanes of at least 4 members (excludes halogenated alkanes) is 3. The Balaban J connectivity index is 1.49. The molecule has 3 rings (SSSR count). The lowest BCUT2D eigenvalue weighted by molar-refractivity contribution is 0.187. The molecular formula is C34H64S3.